The molecular formula is C29H33BrClN3O4S. The van der Waals surface area contributed by atoms with Crippen LogP contribution in [-0.2, 0) is 20.9 Å². The molecule has 7 atom stereocenters. The topological polar surface area (TPSA) is 98.7 Å². The largest absolute Gasteiger partial charge is 0.394 e. The first-order valence-corrected chi connectivity index (χ1v) is 15.4. The molecule has 3 aliphatic rings. The lowest BCUT2D eigenvalue weighted by molar-refractivity contribution is -0.142. The molecule has 1 spiro atoms. The second-order valence-corrected chi connectivity index (χ2v) is 14.2. The number of hydrogen-bond acceptors (Lipinski definition) is 5. The normalized spacial score (nSPS) is 30.0. The van der Waals surface area contributed by atoms with Crippen molar-refractivity contribution in [3.63, 3.8) is 0 Å². The van der Waals surface area contributed by atoms with Crippen LogP contribution in [-0.4, -0.2) is 61.2 Å². The van der Waals surface area contributed by atoms with Crippen molar-refractivity contribution in [2.45, 2.75) is 60.6 Å². The quantitative estimate of drug-likeness (QED) is 0.375. The Kier molecular flexibility index (Phi) is 8.08. The van der Waals surface area contributed by atoms with Crippen LogP contribution >= 0.6 is 39.3 Å². The Morgan fingerprint density at radius 1 is 1.18 bits per heavy atom. The van der Waals surface area contributed by atoms with Crippen molar-refractivity contribution >= 4 is 62.7 Å². The van der Waals surface area contributed by atoms with Crippen molar-refractivity contribution in [1.29, 1.82) is 0 Å². The van der Waals surface area contributed by atoms with Gasteiger partial charge in [-0.1, -0.05) is 83.8 Å². The number of alkyl halides is 1. The number of nitrogens with zero attached hydrogens (tertiary/aromatic N) is 1. The SMILES string of the molecule is Cc1cccc(Cl)c1NC(=O)C1N([C@@H](CO)C(C)C)C(=O)[C@@H]2[C@@H](C(=O)NCc3ccccc3)[C@@H]3SC12CC3Br. The number of rotatable bonds is 8. The molecule has 3 fully saturated rings. The van der Waals surface area contributed by atoms with Gasteiger partial charge in [0, 0.05) is 16.6 Å². The van der Waals surface area contributed by atoms with E-state index in [1.165, 1.54) is 0 Å². The number of thioether (sulfide) groups is 1. The minimum Gasteiger partial charge on any atom is -0.394 e. The summed E-state index contributed by atoms with van der Waals surface area (Å²) in [6, 6.07) is 13.6. The number of anilines is 1. The zero-order chi connectivity index (χ0) is 28.1. The van der Waals surface area contributed by atoms with Crippen molar-refractivity contribution in [3.05, 3.63) is 64.7 Å². The highest BCUT2D eigenvalue weighted by Crippen LogP contribution is 2.68. The van der Waals surface area contributed by atoms with Crippen LogP contribution in [0.15, 0.2) is 48.5 Å². The van der Waals surface area contributed by atoms with E-state index in [2.05, 4.69) is 26.6 Å². The van der Waals surface area contributed by atoms with E-state index < -0.39 is 28.7 Å². The van der Waals surface area contributed by atoms with E-state index in [0.29, 0.717) is 23.7 Å². The van der Waals surface area contributed by atoms with Crippen LogP contribution in [0.3, 0.4) is 0 Å². The van der Waals surface area contributed by atoms with Gasteiger partial charge in [-0.25, -0.2) is 0 Å². The zero-order valence-corrected chi connectivity index (χ0v) is 25.2. The third kappa shape index (κ3) is 4.79. The van der Waals surface area contributed by atoms with E-state index in [0.717, 1.165) is 11.1 Å². The Morgan fingerprint density at radius 3 is 2.54 bits per heavy atom. The number of benzene rings is 2. The molecule has 2 bridgehead atoms. The van der Waals surface area contributed by atoms with Gasteiger partial charge in [-0.05, 0) is 36.5 Å². The summed E-state index contributed by atoms with van der Waals surface area (Å²) in [5.74, 6) is -2.15. The number of carbonyl (C=O) groups excluding carboxylic acids is 3. The molecule has 0 aliphatic carbocycles. The summed E-state index contributed by atoms with van der Waals surface area (Å²) in [4.78, 5) is 43.7. The van der Waals surface area contributed by atoms with Gasteiger partial charge in [0.05, 0.1) is 39.9 Å². The summed E-state index contributed by atoms with van der Waals surface area (Å²) in [6.07, 6.45) is 0.563. The first-order valence-electron chi connectivity index (χ1n) is 13.2. The number of hydrogen-bond donors (Lipinski definition) is 3. The number of likely N-dealkylation sites (tertiary alicyclic amines) is 1. The Balaban J connectivity index is 1.52. The Bertz CT molecular complexity index is 1260. The maximum atomic E-state index is 14.3. The molecule has 2 aromatic carbocycles. The fourth-order valence-electron chi connectivity index (χ4n) is 6.53. The van der Waals surface area contributed by atoms with Crippen molar-refractivity contribution in [2.75, 3.05) is 11.9 Å². The van der Waals surface area contributed by atoms with E-state index in [9.17, 15) is 19.5 Å². The number of aliphatic hydroxyl groups is 1. The standard InChI is InChI=1S/C29H33BrClN3O4S/c1-15(2)20(14-35)34-25(27(37)33-23-16(3)8-7-11-19(23)31)29-12-18(30)24(39-29)21(22(29)28(34)38)26(36)32-13-17-9-5-4-6-10-17/h4-11,15,18,20-22,24-25,35H,12-14H2,1-3H3,(H,32,36)(H,33,37)/t18?,20-,21+,22-,24+,25?,29?/m0/s1. The number of aliphatic hydroxyl groups excluding tert-OH is 1. The third-order valence-corrected chi connectivity index (χ3v) is 11.9. The van der Waals surface area contributed by atoms with Gasteiger partial charge in [0.25, 0.3) is 0 Å². The molecule has 0 saturated carbocycles. The van der Waals surface area contributed by atoms with Crippen LogP contribution in [0.4, 0.5) is 5.69 Å². The molecule has 10 heteroatoms. The van der Waals surface area contributed by atoms with Gasteiger partial charge in [0.15, 0.2) is 0 Å². The lowest BCUT2D eigenvalue weighted by Crippen LogP contribution is -2.56. The molecule has 3 unspecified atom stereocenters. The van der Waals surface area contributed by atoms with E-state index in [1.54, 1.807) is 22.7 Å². The highest BCUT2D eigenvalue weighted by molar-refractivity contribution is 9.09. The summed E-state index contributed by atoms with van der Waals surface area (Å²) in [5.41, 5.74) is 2.29. The molecule has 2 aromatic rings. The third-order valence-electron chi connectivity index (χ3n) is 8.37. The molecule has 5 rings (SSSR count). The average molecular weight is 635 g/mol. The molecular weight excluding hydrogens is 602 g/mol. The summed E-state index contributed by atoms with van der Waals surface area (Å²) < 4.78 is -0.813. The maximum absolute atomic E-state index is 14.3. The molecule has 3 N–H and O–H groups in total. The molecule has 39 heavy (non-hydrogen) atoms. The molecule has 3 aliphatic heterocycles. The molecule has 0 radical (unpaired) electrons. The van der Waals surface area contributed by atoms with Gasteiger partial charge in [-0.2, -0.15) is 0 Å². The van der Waals surface area contributed by atoms with Crippen LogP contribution in [0.25, 0.3) is 0 Å². The monoisotopic (exact) mass is 633 g/mol. The van der Waals surface area contributed by atoms with Gasteiger partial charge in [-0.15, -0.1) is 11.8 Å². The van der Waals surface area contributed by atoms with Crippen LogP contribution in [0.5, 0.6) is 0 Å². The Morgan fingerprint density at radius 2 is 1.90 bits per heavy atom. The maximum Gasteiger partial charge on any atom is 0.248 e. The second-order valence-electron chi connectivity index (χ2n) is 11.0. The minimum atomic E-state index is -0.868. The van der Waals surface area contributed by atoms with E-state index in [1.807, 2.05) is 63.2 Å². The first-order chi connectivity index (χ1) is 18.6. The summed E-state index contributed by atoms with van der Waals surface area (Å²) in [5, 5.41) is 16.7. The number of fused-ring (bicyclic) bond motifs is 1. The van der Waals surface area contributed by atoms with E-state index >= 15 is 0 Å². The number of para-hydroxylation sites is 1. The highest BCUT2D eigenvalue weighted by Gasteiger charge is 2.76. The number of aryl methyl sites for hydroxylation is 1. The van der Waals surface area contributed by atoms with Crippen LogP contribution < -0.4 is 10.6 Å². The van der Waals surface area contributed by atoms with Gasteiger partial charge in [0.1, 0.15) is 6.04 Å². The molecule has 7 nitrogen and oxygen atoms in total. The van der Waals surface area contributed by atoms with Crippen molar-refractivity contribution in [1.82, 2.24) is 10.2 Å². The smallest absolute Gasteiger partial charge is 0.248 e. The Hall–Kier alpha value is -2.07. The molecule has 3 heterocycles. The van der Waals surface area contributed by atoms with Crippen LogP contribution in [0.1, 0.15) is 31.4 Å². The van der Waals surface area contributed by atoms with Crippen molar-refractivity contribution in [2.24, 2.45) is 17.8 Å². The lowest BCUT2D eigenvalue weighted by Gasteiger charge is -2.38. The summed E-state index contributed by atoms with van der Waals surface area (Å²) >= 11 is 11.8. The average Bonchev–Trinajstić information content (AvgIpc) is 3.49. The minimum absolute atomic E-state index is 0.0389. The van der Waals surface area contributed by atoms with Gasteiger partial charge in [0.2, 0.25) is 17.7 Å². The van der Waals surface area contributed by atoms with Crippen molar-refractivity contribution in [3.8, 4) is 0 Å². The summed E-state index contributed by atoms with van der Waals surface area (Å²) in [6.45, 7) is 5.79. The van der Waals surface area contributed by atoms with Gasteiger partial charge >= 0.3 is 0 Å². The van der Waals surface area contributed by atoms with E-state index in [-0.39, 0.29) is 40.3 Å². The van der Waals surface area contributed by atoms with E-state index in [4.69, 9.17) is 11.6 Å². The predicted molar refractivity (Wildman–Crippen MR) is 158 cm³/mol. The predicted octanol–water partition coefficient (Wildman–Crippen LogP) is 4.38. The zero-order valence-electron chi connectivity index (χ0n) is 22.1. The first kappa shape index (κ1) is 28.5. The van der Waals surface area contributed by atoms with Gasteiger partial charge in [-0.3, -0.25) is 14.4 Å². The van der Waals surface area contributed by atoms with Crippen molar-refractivity contribution < 1.29 is 19.5 Å². The number of carbonyl (C=O) groups is 3. The Labute approximate surface area is 246 Å². The highest BCUT2D eigenvalue weighted by atomic mass is 79.9. The number of nitrogens with one attached hydrogen (secondary N) is 2. The molecule has 3 amide bonds. The fraction of sp³-hybridized carbons (Fsp3) is 0.483. The fourth-order valence-corrected chi connectivity index (χ4v) is 10.4. The lowest BCUT2D eigenvalue weighted by atomic mass is 9.70. The molecule has 0 aromatic heterocycles. The molecule has 3 saturated heterocycles. The number of amides is 3. The van der Waals surface area contributed by atoms with Crippen LogP contribution in [0.2, 0.25) is 5.02 Å². The molecule has 208 valence electrons. The second kappa shape index (κ2) is 11.1. The summed E-state index contributed by atoms with van der Waals surface area (Å²) in [7, 11) is 0. The number of halogens is 2. The van der Waals surface area contributed by atoms with Crippen LogP contribution in [0, 0.1) is 24.7 Å². The van der Waals surface area contributed by atoms with Gasteiger partial charge < -0.3 is 20.6 Å².